The van der Waals surface area contributed by atoms with Crippen molar-refractivity contribution in [2.75, 3.05) is 30.4 Å². The van der Waals surface area contributed by atoms with Crippen molar-refractivity contribution >= 4 is 27.2 Å². The van der Waals surface area contributed by atoms with Crippen LogP contribution in [-0.2, 0) is 0 Å². The van der Waals surface area contributed by atoms with Crippen LogP contribution in [0.3, 0.4) is 0 Å². The molecule has 2 aliphatic rings. The standard InChI is InChI=1S/C22H29N5O2S/c1-29-18-14-15(10-11-17(18)28)19-20(23-16-8-4-2-5-9-16)27-21(24-19)30-22(25-27)26-12-6-3-7-13-26/h10-11,14,16,23,28H,2-9,12-13H2,1H3. The number of fused-ring (bicyclic) bond motifs is 1. The van der Waals surface area contributed by atoms with Crippen LogP contribution in [0, 0.1) is 0 Å². The number of hydrogen-bond acceptors (Lipinski definition) is 7. The number of nitrogens with zero attached hydrogens (tertiary/aromatic N) is 4. The summed E-state index contributed by atoms with van der Waals surface area (Å²) >= 11 is 1.65. The monoisotopic (exact) mass is 427 g/mol. The fraction of sp³-hybridized carbons (Fsp3) is 0.545. The predicted octanol–water partition coefficient (Wildman–Crippen LogP) is 4.91. The Balaban J connectivity index is 1.56. The molecule has 7 nitrogen and oxygen atoms in total. The highest BCUT2D eigenvalue weighted by Crippen LogP contribution is 2.38. The third kappa shape index (κ3) is 3.69. The van der Waals surface area contributed by atoms with Crippen molar-refractivity contribution in [2.45, 2.75) is 57.4 Å². The lowest BCUT2D eigenvalue weighted by molar-refractivity contribution is 0.373. The van der Waals surface area contributed by atoms with Crippen LogP contribution in [0.15, 0.2) is 18.2 Å². The molecule has 1 aliphatic carbocycles. The predicted molar refractivity (Wildman–Crippen MR) is 121 cm³/mol. The maximum absolute atomic E-state index is 10.0. The van der Waals surface area contributed by atoms with Gasteiger partial charge in [0.1, 0.15) is 5.69 Å². The number of imidazole rings is 1. The summed E-state index contributed by atoms with van der Waals surface area (Å²) in [6.07, 6.45) is 9.96. The summed E-state index contributed by atoms with van der Waals surface area (Å²) in [4.78, 5) is 8.25. The van der Waals surface area contributed by atoms with E-state index in [1.54, 1.807) is 24.5 Å². The molecule has 3 heterocycles. The highest BCUT2D eigenvalue weighted by Gasteiger charge is 2.24. The molecule has 1 saturated heterocycles. The zero-order valence-electron chi connectivity index (χ0n) is 17.4. The Hall–Kier alpha value is -2.48. The van der Waals surface area contributed by atoms with E-state index in [1.165, 1.54) is 51.4 Å². The number of aromatic nitrogens is 3. The summed E-state index contributed by atoms with van der Waals surface area (Å²) in [5.74, 6) is 1.54. The minimum absolute atomic E-state index is 0.134. The van der Waals surface area contributed by atoms with E-state index in [4.69, 9.17) is 14.8 Å². The van der Waals surface area contributed by atoms with E-state index in [0.29, 0.717) is 11.8 Å². The summed E-state index contributed by atoms with van der Waals surface area (Å²) in [6, 6.07) is 5.84. The number of aromatic hydroxyl groups is 1. The average molecular weight is 428 g/mol. The van der Waals surface area contributed by atoms with Crippen molar-refractivity contribution in [1.82, 2.24) is 14.6 Å². The zero-order chi connectivity index (χ0) is 20.5. The first-order chi connectivity index (χ1) is 14.7. The minimum atomic E-state index is 0.134. The second-order valence-corrected chi connectivity index (χ2v) is 9.24. The number of anilines is 2. The van der Waals surface area contributed by atoms with Crippen LogP contribution in [0.25, 0.3) is 16.2 Å². The molecule has 5 rings (SSSR count). The highest BCUT2D eigenvalue weighted by atomic mass is 32.1. The lowest BCUT2D eigenvalue weighted by Crippen LogP contribution is -2.29. The zero-order valence-corrected chi connectivity index (χ0v) is 18.2. The van der Waals surface area contributed by atoms with Crippen LogP contribution in [0.1, 0.15) is 51.4 Å². The smallest absolute Gasteiger partial charge is 0.216 e. The summed E-state index contributed by atoms with van der Waals surface area (Å²) in [5.41, 5.74) is 1.78. The van der Waals surface area contributed by atoms with Gasteiger partial charge in [0, 0.05) is 24.7 Å². The number of hydrogen-bond donors (Lipinski definition) is 2. The van der Waals surface area contributed by atoms with E-state index < -0.39 is 0 Å². The third-order valence-corrected chi connectivity index (χ3v) is 7.19. The quantitative estimate of drug-likeness (QED) is 0.603. The molecule has 0 atom stereocenters. The Morgan fingerprint density at radius 2 is 1.87 bits per heavy atom. The Morgan fingerprint density at radius 3 is 2.63 bits per heavy atom. The number of nitrogens with one attached hydrogen (secondary N) is 1. The molecule has 30 heavy (non-hydrogen) atoms. The number of ether oxygens (including phenoxy) is 1. The maximum atomic E-state index is 10.0. The van der Waals surface area contributed by atoms with E-state index in [-0.39, 0.29) is 5.75 Å². The van der Waals surface area contributed by atoms with Gasteiger partial charge in [-0.3, -0.25) is 0 Å². The molecule has 0 spiro atoms. The lowest BCUT2D eigenvalue weighted by Gasteiger charge is -2.25. The van der Waals surface area contributed by atoms with E-state index >= 15 is 0 Å². The minimum Gasteiger partial charge on any atom is -0.504 e. The first kappa shape index (κ1) is 19.5. The molecule has 3 aromatic rings. The second kappa shape index (κ2) is 8.34. The highest BCUT2D eigenvalue weighted by molar-refractivity contribution is 7.20. The number of benzene rings is 1. The molecule has 1 aliphatic heterocycles. The van der Waals surface area contributed by atoms with Crippen molar-refractivity contribution in [1.29, 1.82) is 0 Å². The molecule has 2 N–H and O–H groups in total. The Bertz CT molecular complexity index is 1020. The molecular formula is C22H29N5O2S. The molecule has 1 saturated carbocycles. The molecule has 8 heteroatoms. The third-order valence-electron chi connectivity index (χ3n) is 6.22. The van der Waals surface area contributed by atoms with Gasteiger partial charge in [-0.15, -0.1) is 5.10 Å². The van der Waals surface area contributed by atoms with Crippen LogP contribution in [0.4, 0.5) is 10.9 Å². The van der Waals surface area contributed by atoms with Gasteiger partial charge < -0.3 is 20.1 Å². The van der Waals surface area contributed by atoms with Crippen LogP contribution in [0.2, 0.25) is 0 Å². The Kier molecular flexibility index (Phi) is 5.41. The first-order valence-corrected chi connectivity index (χ1v) is 11.8. The summed E-state index contributed by atoms with van der Waals surface area (Å²) in [6.45, 7) is 2.15. The molecule has 0 bridgehead atoms. The fourth-order valence-electron chi connectivity index (χ4n) is 4.55. The van der Waals surface area contributed by atoms with Crippen LogP contribution >= 0.6 is 11.3 Å². The molecule has 2 fully saturated rings. The molecule has 0 unspecified atom stereocenters. The Morgan fingerprint density at radius 1 is 1.10 bits per heavy atom. The number of phenolic OH excluding ortho intramolecular Hbond substituents is 1. The average Bonchev–Trinajstić information content (AvgIpc) is 3.35. The largest absolute Gasteiger partial charge is 0.504 e. The summed E-state index contributed by atoms with van der Waals surface area (Å²) in [7, 11) is 1.57. The molecule has 0 amide bonds. The SMILES string of the molecule is COc1cc(-c2nc3sc(N4CCCCC4)nn3c2NC2CCCCC2)ccc1O. The van der Waals surface area contributed by atoms with Gasteiger partial charge in [-0.2, -0.15) is 4.52 Å². The van der Waals surface area contributed by atoms with Gasteiger partial charge in [0.2, 0.25) is 10.1 Å². The lowest BCUT2D eigenvalue weighted by atomic mass is 9.95. The van der Waals surface area contributed by atoms with Crippen molar-refractivity contribution in [3.05, 3.63) is 18.2 Å². The van der Waals surface area contributed by atoms with E-state index in [1.807, 2.05) is 16.6 Å². The van der Waals surface area contributed by atoms with Crippen molar-refractivity contribution in [3.8, 4) is 22.8 Å². The molecule has 160 valence electrons. The van der Waals surface area contributed by atoms with Gasteiger partial charge in [0.25, 0.3) is 0 Å². The van der Waals surface area contributed by atoms with Gasteiger partial charge in [-0.25, -0.2) is 4.98 Å². The summed E-state index contributed by atoms with van der Waals surface area (Å²) < 4.78 is 7.31. The summed E-state index contributed by atoms with van der Waals surface area (Å²) in [5, 5.41) is 19.8. The molecular weight excluding hydrogens is 398 g/mol. The van der Waals surface area contributed by atoms with Crippen molar-refractivity contribution < 1.29 is 9.84 Å². The number of piperidine rings is 1. The Labute approximate surface area is 180 Å². The van der Waals surface area contributed by atoms with Crippen LogP contribution < -0.4 is 15.0 Å². The van der Waals surface area contributed by atoms with E-state index in [2.05, 4.69) is 10.2 Å². The van der Waals surface area contributed by atoms with Gasteiger partial charge in [0.05, 0.1) is 7.11 Å². The van der Waals surface area contributed by atoms with Crippen molar-refractivity contribution in [3.63, 3.8) is 0 Å². The van der Waals surface area contributed by atoms with Crippen LogP contribution in [0.5, 0.6) is 11.5 Å². The van der Waals surface area contributed by atoms with E-state index in [9.17, 15) is 5.11 Å². The van der Waals surface area contributed by atoms with Gasteiger partial charge >= 0.3 is 0 Å². The fourth-order valence-corrected chi connectivity index (χ4v) is 5.50. The maximum Gasteiger partial charge on any atom is 0.216 e. The molecule has 1 aromatic carbocycles. The van der Waals surface area contributed by atoms with Gasteiger partial charge in [-0.05, 0) is 50.3 Å². The first-order valence-electron chi connectivity index (χ1n) is 11.0. The number of methoxy groups -OCH3 is 1. The normalized spacial score (nSPS) is 18.1. The van der Waals surface area contributed by atoms with Gasteiger partial charge in [0.15, 0.2) is 17.3 Å². The second-order valence-electron chi connectivity index (χ2n) is 8.30. The van der Waals surface area contributed by atoms with E-state index in [0.717, 1.165) is 40.3 Å². The molecule has 2 aromatic heterocycles. The molecule has 0 radical (unpaired) electrons. The van der Waals surface area contributed by atoms with Crippen LogP contribution in [-0.4, -0.2) is 45.9 Å². The number of rotatable bonds is 5. The number of phenols is 1. The van der Waals surface area contributed by atoms with Gasteiger partial charge in [-0.1, -0.05) is 30.6 Å². The van der Waals surface area contributed by atoms with Crippen molar-refractivity contribution in [2.24, 2.45) is 0 Å². The topological polar surface area (TPSA) is 74.9 Å².